The van der Waals surface area contributed by atoms with Gasteiger partial charge in [0.2, 0.25) is 5.69 Å². The van der Waals surface area contributed by atoms with E-state index in [0.717, 1.165) is 10.7 Å². The third kappa shape index (κ3) is 3.30. The van der Waals surface area contributed by atoms with Gasteiger partial charge in [-0.1, -0.05) is 18.2 Å². The highest BCUT2D eigenvalue weighted by molar-refractivity contribution is 5.90. The van der Waals surface area contributed by atoms with Gasteiger partial charge in [-0.15, -0.1) is 0 Å². The van der Waals surface area contributed by atoms with E-state index in [-0.39, 0.29) is 24.7 Å². The molecule has 0 spiro atoms. The molecule has 0 atom stereocenters. The molecule has 0 saturated carbocycles. The van der Waals surface area contributed by atoms with Crippen LogP contribution in [-0.4, -0.2) is 29.0 Å². The van der Waals surface area contributed by atoms with E-state index in [2.05, 4.69) is 5.10 Å². The van der Waals surface area contributed by atoms with Crippen molar-refractivity contribution in [3.05, 3.63) is 52.4 Å². The average Bonchev–Trinajstić information content (AvgIpc) is 2.54. The van der Waals surface area contributed by atoms with Crippen molar-refractivity contribution in [3.63, 3.8) is 0 Å². The van der Waals surface area contributed by atoms with Gasteiger partial charge in [-0.2, -0.15) is 15.0 Å². The Morgan fingerprint density at radius 3 is 2.73 bits per heavy atom. The summed E-state index contributed by atoms with van der Waals surface area (Å²) in [6, 6.07) is 11.5. The lowest BCUT2D eigenvalue weighted by Gasteiger charge is -2.10. The molecule has 0 radical (unpaired) electrons. The van der Waals surface area contributed by atoms with Crippen LogP contribution in [0.4, 0.5) is 0 Å². The molecule has 0 aliphatic heterocycles. The highest BCUT2D eigenvalue weighted by Gasteiger charge is 2.19. The molecule has 2 rings (SSSR count). The smallest absolute Gasteiger partial charge is 0.362 e. The largest absolute Gasteiger partial charge is 0.476 e. The number of ether oxygens (including phenoxy) is 2. The van der Waals surface area contributed by atoms with E-state index >= 15 is 0 Å². The maximum Gasteiger partial charge on any atom is 0.362 e. The normalized spacial score (nSPS) is 9.82. The van der Waals surface area contributed by atoms with Gasteiger partial charge in [-0.3, -0.25) is 4.79 Å². The lowest BCUT2D eigenvalue weighted by atomic mass is 10.3. The molecular weight excluding hydrogens is 286 g/mol. The first-order valence-corrected chi connectivity index (χ1v) is 6.54. The van der Waals surface area contributed by atoms with Gasteiger partial charge in [-0.05, 0) is 19.1 Å². The van der Waals surface area contributed by atoms with Crippen molar-refractivity contribution >= 4 is 5.97 Å². The number of hydrogen-bond acceptors (Lipinski definition) is 6. The van der Waals surface area contributed by atoms with Gasteiger partial charge in [0.05, 0.1) is 18.4 Å². The van der Waals surface area contributed by atoms with Crippen LogP contribution in [0.5, 0.6) is 5.75 Å². The van der Waals surface area contributed by atoms with Gasteiger partial charge in [0.1, 0.15) is 6.07 Å². The van der Waals surface area contributed by atoms with E-state index in [0.29, 0.717) is 5.69 Å². The summed E-state index contributed by atoms with van der Waals surface area (Å²) in [5, 5.41) is 12.6. The maximum absolute atomic E-state index is 12.1. The van der Waals surface area contributed by atoms with Crippen molar-refractivity contribution in [2.24, 2.45) is 0 Å². The number of carbonyl (C=O) groups is 1. The molecule has 22 heavy (non-hydrogen) atoms. The van der Waals surface area contributed by atoms with E-state index in [1.807, 2.05) is 0 Å². The quantitative estimate of drug-likeness (QED) is 0.773. The molecule has 1 heterocycles. The minimum absolute atomic E-state index is 0.0721. The summed E-state index contributed by atoms with van der Waals surface area (Å²) in [5.41, 5.74) is -0.127. The number of benzene rings is 1. The van der Waals surface area contributed by atoms with Crippen LogP contribution in [0.2, 0.25) is 0 Å². The van der Waals surface area contributed by atoms with E-state index < -0.39 is 11.5 Å². The van der Waals surface area contributed by atoms with Crippen LogP contribution < -0.4 is 10.3 Å². The second-order valence-corrected chi connectivity index (χ2v) is 4.11. The van der Waals surface area contributed by atoms with Gasteiger partial charge in [-0.25, -0.2) is 4.79 Å². The average molecular weight is 299 g/mol. The summed E-state index contributed by atoms with van der Waals surface area (Å²) in [6.07, 6.45) is 0. The van der Waals surface area contributed by atoms with Gasteiger partial charge in [0.15, 0.2) is 12.4 Å². The zero-order valence-electron chi connectivity index (χ0n) is 11.9. The van der Waals surface area contributed by atoms with Gasteiger partial charge in [0.25, 0.3) is 5.56 Å². The Morgan fingerprint density at radius 1 is 1.36 bits per heavy atom. The fourth-order valence-electron chi connectivity index (χ4n) is 1.76. The maximum atomic E-state index is 12.1. The third-order valence-electron chi connectivity index (χ3n) is 2.66. The molecule has 0 aliphatic rings. The van der Waals surface area contributed by atoms with E-state index in [9.17, 15) is 9.59 Å². The summed E-state index contributed by atoms with van der Waals surface area (Å²) in [6.45, 7) is 1.51. The number of para-hydroxylation sites is 1. The molecule has 1 aromatic heterocycles. The molecule has 0 amide bonds. The van der Waals surface area contributed by atoms with E-state index in [4.69, 9.17) is 14.7 Å². The second kappa shape index (κ2) is 7.04. The van der Waals surface area contributed by atoms with Crippen molar-refractivity contribution in [1.29, 1.82) is 5.26 Å². The first-order valence-electron chi connectivity index (χ1n) is 6.54. The molecule has 7 nitrogen and oxygen atoms in total. The summed E-state index contributed by atoms with van der Waals surface area (Å²) in [5.74, 6) is -0.794. The Bertz CT molecular complexity index is 763. The summed E-state index contributed by atoms with van der Waals surface area (Å²) >= 11 is 0. The van der Waals surface area contributed by atoms with Crippen molar-refractivity contribution < 1.29 is 14.3 Å². The Hall–Kier alpha value is -3.14. The SMILES string of the molecule is CCOC(=O)c1nn(-c2ccccc2)c(=O)cc1OCC#N. The van der Waals surface area contributed by atoms with Crippen molar-refractivity contribution in [2.45, 2.75) is 6.92 Å². The molecule has 0 N–H and O–H groups in total. The lowest BCUT2D eigenvalue weighted by molar-refractivity contribution is 0.0512. The Kier molecular flexibility index (Phi) is 4.88. The second-order valence-electron chi connectivity index (χ2n) is 4.11. The number of carbonyl (C=O) groups excluding carboxylic acids is 1. The fraction of sp³-hybridized carbons (Fsp3) is 0.200. The molecule has 0 unspecified atom stereocenters. The number of nitrogens with zero attached hydrogens (tertiary/aromatic N) is 3. The zero-order chi connectivity index (χ0) is 15.9. The Labute approximate surface area is 126 Å². The molecule has 0 saturated heterocycles. The number of hydrogen-bond donors (Lipinski definition) is 0. The first-order chi connectivity index (χ1) is 10.7. The summed E-state index contributed by atoms with van der Waals surface area (Å²) in [7, 11) is 0. The molecule has 0 aliphatic carbocycles. The molecule has 1 aromatic carbocycles. The number of rotatable bonds is 5. The van der Waals surface area contributed by atoms with Crippen LogP contribution in [-0.2, 0) is 4.74 Å². The van der Waals surface area contributed by atoms with Crippen LogP contribution >= 0.6 is 0 Å². The Balaban J connectivity index is 2.54. The predicted molar refractivity (Wildman–Crippen MR) is 76.9 cm³/mol. The third-order valence-corrected chi connectivity index (χ3v) is 2.66. The molecule has 112 valence electrons. The minimum Gasteiger partial charge on any atom is -0.476 e. The highest BCUT2D eigenvalue weighted by atomic mass is 16.5. The van der Waals surface area contributed by atoms with Crippen LogP contribution in [0.1, 0.15) is 17.4 Å². The predicted octanol–water partition coefficient (Wildman–Crippen LogP) is 1.31. The molecule has 2 aromatic rings. The molecular formula is C15H13N3O4. The van der Waals surface area contributed by atoms with Crippen molar-refractivity contribution in [3.8, 4) is 17.5 Å². The summed E-state index contributed by atoms with van der Waals surface area (Å²) in [4.78, 5) is 24.1. The monoisotopic (exact) mass is 299 g/mol. The van der Waals surface area contributed by atoms with Crippen LogP contribution in [0.3, 0.4) is 0 Å². The van der Waals surface area contributed by atoms with Gasteiger partial charge in [0, 0.05) is 0 Å². The van der Waals surface area contributed by atoms with Gasteiger partial charge < -0.3 is 9.47 Å². The molecule has 7 heteroatoms. The highest BCUT2D eigenvalue weighted by Crippen LogP contribution is 2.16. The van der Waals surface area contributed by atoms with Gasteiger partial charge >= 0.3 is 5.97 Å². The fourth-order valence-corrected chi connectivity index (χ4v) is 1.76. The van der Waals surface area contributed by atoms with E-state index in [1.165, 1.54) is 0 Å². The first kappa shape index (κ1) is 15.3. The van der Waals surface area contributed by atoms with Crippen LogP contribution in [0.15, 0.2) is 41.2 Å². The standard InChI is InChI=1S/C15H13N3O4/c1-2-21-15(20)14-12(22-9-8-16)10-13(19)18(17-14)11-6-4-3-5-7-11/h3-7,10H,2,9H2,1H3. The number of aromatic nitrogens is 2. The lowest BCUT2D eigenvalue weighted by Crippen LogP contribution is -2.25. The molecule has 0 fully saturated rings. The van der Waals surface area contributed by atoms with Crippen molar-refractivity contribution in [1.82, 2.24) is 9.78 Å². The van der Waals surface area contributed by atoms with E-state index in [1.54, 1.807) is 43.3 Å². The topological polar surface area (TPSA) is 94.2 Å². The summed E-state index contributed by atoms with van der Waals surface area (Å²) < 4.78 is 11.1. The number of nitriles is 1. The molecule has 0 bridgehead atoms. The number of esters is 1. The van der Waals surface area contributed by atoms with Crippen LogP contribution in [0, 0.1) is 11.3 Å². The van der Waals surface area contributed by atoms with Crippen molar-refractivity contribution in [2.75, 3.05) is 13.2 Å². The zero-order valence-corrected chi connectivity index (χ0v) is 11.9. The van der Waals surface area contributed by atoms with Crippen LogP contribution in [0.25, 0.3) is 5.69 Å². The Morgan fingerprint density at radius 2 is 2.09 bits per heavy atom. The minimum atomic E-state index is -0.722.